The lowest BCUT2D eigenvalue weighted by Gasteiger charge is -2.10. The highest BCUT2D eigenvalue weighted by molar-refractivity contribution is 7.94. The van der Waals surface area contributed by atoms with Gasteiger partial charge in [0.1, 0.15) is 0 Å². The van der Waals surface area contributed by atoms with E-state index in [1.807, 2.05) is 0 Å². The van der Waals surface area contributed by atoms with Gasteiger partial charge in [0.05, 0.1) is 24.9 Å². The Kier molecular flexibility index (Phi) is 4.02. The average Bonchev–Trinajstić information content (AvgIpc) is 2.54. The second kappa shape index (κ2) is 5.08. The Morgan fingerprint density at radius 2 is 2.06 bits per heavy atom. The molecule has 0 aromatic rings. The fourth-order valence-electron chi connectivity index (χ4n) is 1.17. The SMILES string of the molecule is NCC(=O)NCC(=O)NC1C=CS(=O)(=O)C1. The number of nitrogens with two attached hydrogens (primary N) is 1. The van der Waals surface area contributed by atoms with Gasteiger partial charge in [0, 0.05) is 5.41 Å². The second-order valence-corrected chi connectivity index (χ2v) is 5.24. The van der Waals surface area contributed by atoms with E-state index in [2.05, 4.69) is 10.6 Å². The van der Waals surface area contributed by atoms with Crippen molar-refractivity contribution in [3.8, 4) is 0 Å². The lowest BCUT2D eigenvalue weighted by atomic mass is 10.3. The standard InChI is InChI=1S/C8H13N3O4S/c9-3-7(12)10-4-8(13)11-6-1-2-16(14,15)5-6/h1-2,6H,3-5,9H2,(H,10,12)(H,11,13). The molecule has 2 amide bonds. The highest BCUT2D eigenvalue weighted by Gasteiger charge is 2.22. The number of carbonyl (C=O) groups excluding carboxylic acids is 2. The molecule has 1 rings (SSSR count). The highest BCUT2D eigenvalue weighted by atomic mass is 32.2. The minimum absolute atomic E-state index is 0.135. The first-order chi connectivity index (χ1) is 7.43. The van der Waals surface area contributed by atoms with E-state index in [-0.39, 0.29) is 18.8 Å². The van der Waals surface area contributed by atoms with E-state index in [4.69, 9.17) is 5.73 Å². The zero-order valence-corrected chi connectivity index (χ0v) is 9.29. The third kappa shape index (κ3) is 3.99. The maximum Gasteiger partial charge on any atom is 0.239 e. The van der Waals surface area contributed by atoms with Crippen molar-refractivity contribution in [2.24, 2.45) is 5.73 Å². The third-order valence-corrected chi connectivity index (χ3v) is 3.30. The van der Waals surface area contributed by atoms with Gasteiger partial charge in [0.15, 0.2) is 9.84 Å². The third-order valence-electron chi connectivity index (χ3n) is 1.91. The molecule has 0 bridgehead atoms. The average molecular weight is 247 g/mol. The summed E-state index contributed by atoms with van der Waals surface area (Å²) in [4.78, 5) is 22.0. The van der Waals surface area contributed by atoms with E-state index in [1.54, 1.807) is 0 Å². The lowest BCUT2D eigenvalue weighted by Crippen LogP contribution is -2.43. The van der Waals surface area contributed by atoms with Crippen LogP contribution in [0.4, 0.5) is 0 Å². The summed E-state index contributed by atoms with van der Waals surface area (Å²) in [7, 11) is -3.18. The smallest absolute Gasteiger partial charge is 0.239 e. The number of nitrogens with one attached hydrogen (secondary N) is 2. The minimum atomic E-state index is -3.18. The molecule has 90 valence electrons. The van der Waals surface area contributed by atoms with Crippen LogP contribution >= 0.6 is 0 Å². The molecule has 0 radical (unpaired) electrons. The Morgan fingerprint density at radius 1 is 1.38 bits per heavy atom. The molecular weight excluding hydrogens is 234 g/mol. The van der Waals surface area contributed by atoms with E-state index in [0.29, 0.717) is 0 Å². The molecule has 4 N–H and O–H groups in total. The predicted octanol–water partition coefficient (Wildman–Crippen LogP) is -2.51. The van der Waals surface area contributed by atoms with Crippen LogP contribution in [-0.2, 0) is 19.4 Å². The summed E-state index contributed by atoms with van der Waals surface area (Å²) in [6.45, 7) is -0.397. The van der Waals surface area contributed by atoms with Crippen molar-refractivity contribution in [2.45, 2.75) is 6.04 Å². The number of rotatable bonds is 4. The molecule has 0 spiro atoms. The fourth-order valence-corrected chi connectivity index (χ4v) is 2.41. The molecule has 16 heavy (non-hydrogen) atoms. The van der Waals surface area contributed by atoms with Crippen LogP contribution < -0.4 is 16.4 Å². The first-order valence-corrected chi connectivity index (χ1v) is 6.31. The van der Waals surface area contributed by atoms with Gasteiger partial charge < -0.3 is 16.4 Å². The van der Waals surface area contributed by atoms with Gasteiger partial charge in [-0.2, -0.15) is 0 Å². The molecule has 1 unspecified atom stereocenters. The van der Waals surface area contributed by atoms with Gasteiger partial charge in [0.2, 0.25) is 11.8 Å². The van der Waals surface area contributed by atoms with E-state index in [9.17, 15) is 18.0 Å². The van der Waals surface area contributed by atoms with Crippen molar-refractivity contribution in [3.05, 3.63) is 11.5 Å². The first-order valence-electron chi connectivity index (χ1n) is 4.60. The van der Waals surface area contributed by atoms with Crippen LogP contribution in [0.3, 0.4) is 0 Å². The molecule has 7 nitrogen and oxygen atoms in total. The normalized spacial score (nSPS) is 21.7. The Labute approximate surface area is 93.0 Å². The Balaban J connectivity index is 2.31. The monoisotopic (exact) mass is 247 g/mol. The van der Waals surface area contributed by atoms with Gasteiger partial charge in [-0.15, -0.1) is 0 Å². The molecule has 0 saturated heterocycles. The van der Waals surface area contributed by atoms with Crippen LogP contribution in [0.5, 0.6) is 0 Å². The quantitative estimate of drug-likeness (QED) is 0.507. The maximum absolute atomic E-state index is 11.2. The Bertz CT molecular complexity index is 415. The van der Waals surface area contributed by atoms with Crippen LogP contribution in [0.15, 0.2) is 11.5 Å². The van der Waals surface area contributed by atoms with Crippen LogP contribution in [0, 0.1) is 0 Å². The number of hydrogen-bond acceptors (Lipinski definition) is 5. The molecule has 1 heterocycles. The van der Waals surface area contributed by atoms with Crippen molar-refractivity contribution < 1.29 is 18.0 Å². The van der Waals surface area contributed by atoms with E-state index >= 15 is 0 Å². The van der Waals surface area contributed by atoms with Crippen molar-refractivity contribution >= 4 is 21.7 Å². The van der Waals surface area contributed by atoms with E-state index in [1.165, 1.54) is 6.08 Å². The summed E-state index contributed by atoms with van der Waals surface area (Å²) in [5.41, 5.74) is 5.02. The molecule has 0 saturated carbocycles. The lowest BCUT2D eigenvalue weighted by molar-refractivity contribution is -0.125. The topological polar surface area (TPSA) is 118 Å². The summed E-state index contributed by atoms with van der Waals surface area (Å²) in [6.07, 6.45) is 1.40. The minimum Gasteiger partial charge on any atom is -0.347 e. The molecule has 1 aliphatic heterocycles. The second-order valence-electron chi connectivity index (χ2n) is 3.31. The van der Waals surface area contributed by atoms with Crippen LogP contribution in [-0.4, -0.2) is 45.1 Å². The number of amides is 2. The number of sulfone groups is 1. The number of hydrogen-bond donors (Lipinski definition) is 3. The van der Waals surface area contributed by atoms with Gasteiger partial charge in [0.25, 0.3) is 0 Å². The summed E-state index contributed by atoms with van der Waals surface area (Å²) < 4.78 is 22.0. The van der Waals surface area contributed by atoms with Crippen LogP contribution in [0.2, 0.25) is 0 Å². The van der Waals surface area contributed by atoms with E-state index in [0.717, 1.165) is 5.41 Å². The van der Waals surface area contributed by atoms with Crippen molar-refractivity contribution in [2.75, 3.05) is 18.8 Å². The van der Waals surface area contributed by atoms with Crippen LogP contribution in [0.25, 0.3) is 0 Å². The summed E-state index contributed by atoms with van der Waals surface area (Å²) in [5, 5.41) is 5.80. The highest BCUT2D eigenvalue weighted by Crippen LogP contribution is 2.07. The molecule has 0 aliphatic carbocycles. The molecule has 1 atom stereocenters. The van der Waals surface area contributed by atoms with Crippen molar-refractivity contribution in [1.82, 2.24) is 10.6 Å². The van der Waals surface area contributed by atoms with Crippen molar-refractivity contribution in [3.63, 3.8) is 0 Å². The largest absolute Gasteiger partial charge is 0.347 e. The zero-order valence-electron chi connectivity index (χ0n) is 8.47. The predicted molar refractivity (Wildman–Crippen MR) is 56.9 cm³/mol. The van der Waals surface area contributed by atoms with Gasteiger partial charge in [-0.1, -0.05) is 0 Å². The molecular formula is C8H13N3O4S. The Hall–Kier alpha value is -1.41. The van der Waals surface area contributed by atoms with E-state index < -0.39 is 27.7 Å². The summed E-state index contributed by atoms with van der Waals surface area (Å²) in [5.74, 6) is -1.03. The molecule has 0 fully saturated rings. The molecule has 0 aromatic carbocycles. The molecule has 1 aliphatic rings. The maximum atomic E-state index is 11.2. The van der Waals surface area contributed by atoms with Gasteiger partial charge in [-0.3, -0.25) is 9.59 Å². The Morgan fingerprint density at radius 3 is 2.56 bits per heavy atom. The van der Waals surface area contributed by atoms with Gasteiger partial charge in [-0.05, 0) is 6.08 Å². The summed E-state index contributed by atoms with van der Waals surface area (Å²) >= 11 is 0. The first kappa shape index (κ1) is 12.7. The summed E-state index contributed by atoms with van der Waals surface area (Å²) in [6, 6.07) is -0.521. The fraction of sp³-hybridized carbons (Fsp3) is 0.500. The van der Waals surface area contributed by atoms with Crippen LogP contribution in [0.1, 0.15) is 0 Å². The van der Waals surface area contributed by atoms with Crippen molar-refractivity contribution in [1.29, 1.82) is 0 Å². The van der Waals surface area contributed by atoms with Gasteiger partial charge in [-0.25, -0.2) is 8.42 Å². The molecule has 8 heteroatoms. The van der Waals surface area contributed by atoms with Gasteiger partial charge >= 0.3 is 0 Å². The molecule has 0 aromatic heterocycles. The number of carbonyl (C=O) groups is 2. The zero-order chi connectivity index (χ0) is 12.2.